The third-order valence-electron chi connectivity index (χ3n) is 9.09. The molecular weight excluding hydrogens is 541 g/mol. The second kappa shape index (κ2) is 8.15. The molecule has 6 rings (SSSR count). The summed E-state index contributed by atoms with van der Waals surface area (Å²) in [5.74, 6) is -0.0428. The van der Waals surface area contributed by atoms with Crippen LogP contribution in [0.25, 0.3) is 0 Å². The van der Waals surface area contributed by atoms with Crippen LogP contribution in [0, 0.1) is 5.41 Å². The zero-order valence-electron chi connectivity index (χ0n) is 21.9. The molecule has 39 heavy (non-hydrogen) atoms. The maximum Gasteiger partial charge on any atom is 0.310 e. The highest BCUT2D eigenvalue weighted by Gasteiger charge is 2.65. The van der Waals surface area contributed by atoms with Gasteiger partial charge in [0.25, 0.3) is 0 Å². The lowest BCUT2D eigenvalue weighted by atomic mass is 9.68. The standard InChI is InChI=1S/C28H34F5NO4S/c1-27(2)15-19(35)20-22-21(23(34-24(20)26(27)36)16-9-13-37-14-10-16)25(38-28(22)11-3-4-12-28)17-5-7-18(8-6-17)39(29,30,31,32)33/h5-8,16,19,25-26,35-36H,3-4,9-15H2,1-2H3/t19-,25+,26-/m0/s1. The van der Waals surface area contributed by atoms with Crippen LogP contribution in [-0.2, 0) is 15.1 Å². The van der Waals surface area contributed by atoms with Crippen molar-refractivity contribution in [3.8, 4) is 0 Å². The number of pyridine rings is 1. The molecule has 0 bridgehead atoms. The molecule has 216 valence electrons. The van der Waals surface area contributed by atoms with Gasteiger partial charge in [-0.25, -0.2) is 0 Å². The van der Waals surface area contributed by atoms with E-state index < -0.39 is 44.4 Å². The maximum atomic E-state index is 13.5. The molecule has 2 aromatic rings. The van der Waals surface area contributed by atoms with Crippen LogP contribution < -0.4 is 0 Å². The summed E-state index contributed by atoms with van der Waals surface area (Å²) in [6, 6.07) is 3.00. The van der Waals surface area contributed by atoms with Gasteiger partial charge in [-0.2, -0.15) is 0 Å². The first-order chi connectivity index (χ1) is 18.0. The van der Waals surface area contributed by atoms with E-state index in [1.54, 1.807) is 0 Å². The number of benzene rings is 1. The molecule has 1 aromatic heterocycles. The molecule has 0 amide bonds. The first-order valence-corrected chi connectivity index (χ1v) is 15.5. The summed E-state index contributed by atoms with van der Waals surface area (Å²) in [5, 5.41) is 22.8. The van der Waals surface area contributed by atoms with E-state index in [9.17, 15) is 29.6 Å². The van der Waals surface area contributed by atoms with Gasteiger partial charge in [0.15, 0.2) is 0 Å². The van der Waals surface area contributed by atoms with Gasteiger partial charge in [0.1, 0.15) is 17.1 Å². The Morgan fingerprint density at radius 2 is 1.51 bits per heavy atom. The van der Waals surface area contributed by atoms with E-state index in [2.05, 4.69) is 0 Å². The molecule has 3 heterocycles. The number of aromatic nitrogens is 1. The van der Waals surface area contributed by atoms with Crippen molar-refractivity contribution < 1.29 is 39.1 Å². The highest BCUT2D eigenvalue weighted by Crippen LogP contribution is 3.02. The van der Waals surface area contributed by atoms with E-state index in [1.807, 2.05) is 13.8 Å². The molecule has 2 aliphatic heterocycles. The molecule has 0 radical (unpaired) electrons. The number of hydrogen-bond donors (Lipinski definition) is 2. The average molecular weight is 576 g/mol. The summed E-state index contributed by atoms with van der Waals surface area (Å²) in [6.07, 6.45) is 2.02. The van der Waals surface area contributed by atoms with Gasteiger partial charge in [-0.05, 0) is 60.8 Å². The molecule has 11 heteroatoms. The Kier molecular flexibility index (Phi) is 5.72. The zero-order valence-corrected chi connectivity index (χ0v) is 22.8. The molecule has 0 unspecified atom stereocenters. The molecule has 1 spiro atoms. The van der Waals surface area contributed by atoms with Gasteiger partial charge in [-0.1, -0.05) is 58.3 Å². The zero-order chi connectivity index (χ0) is 28.1. The molecule has 2 aliphatic carbocycles. The van der Waals surface area contributed by atoms with Crippen LogP contribution in [0.5, 0.6) is 0 Å². The number of nitrogens with zero attached hydrogens (tertiary/aromatic N) is 1. The number of ether oxygens (including phenoxy) is 2. The first kappa shape index (κ1) is 27.4. The van der Waals surface area contributed by atoms with Crippen LogP contribution in [0.1, 0.15) is 117 Å². The maximum absolute atomic E-state index is 13.5. The van der Waals surface area contributed by atoms with Crippen LogP contribution in [-0.4, -0.2) is 28.4 Å². The van der Waals surface area contributed by atoms with Crippen molar-refractivity contribution in [2.75, 3.05) is 13.2 Å². The Morgan fingerprint density at radius 1 is 0.897 bits per heavy atom. The average Bonchev–Trinajstić information content (AvgIpc) is 3.46. The van der Waals surface area contributed by atoms with Crippen molar-refractivity contribution in [1.82, 2.24) is 4.98 Å². The van der Waals surface area contributed by atoms with Crippen molar-refractivity contribution in [2.24, 2.45) is 5.41 Å². The van der Waals surface area contributed by atoms with Gasteiger partial charge in [0.05, 0.1) is 23.1 Å². The minimum Gasteiger partial charge on any atom is -0.388 e. The Morgan fingerprint density at radius 3 is 2.10 bits per heavy atom. The second-order valence-electron chi connectivity index (χ2n) is 12.3. The van der Waals surface area contributed by atoms with Crippen molar-refractivity contribution >= 4 is 10.2 Å². The van der Waals surface area contributed by atoms with E-state index in [0.717, 1.165) is 30.5 Å². The predicted octanol–water partition coefficient (Wildman–Crippen LogP) is 8.02. The van der Waals surface area contributed by atoms with E-state index in [1.165, 1.54) is 0 Å². The highest BCUT2D eigenvalue weighted by molar-refractivity contribution is 8.45. The van der Waals surface area contributed by atoms with Gasteiger partial charge in [-0.15, -0.1) is 0 Å². The van der Waals surface area contributed by atoms with Crippen molar-refractivity contribution in [3.05, 3.63) is 57.9 Å². The third kappa shape index (κ3) is 4.48. The fourth-order valence-electron chi connectivity index (χ4n) is 7.11. The number of halogens is 5. The van der Waals surface area contributed by atoms with Crippen LogP contribution in [0.15, 0.2) is 29.2 Å². The molecule has 1 aromatic carbocycles. The molecule has 5 nitrogen and oxygen atoms in total. The summed E-state index contributed by atoms with van der Waals surface area (Å²) >= 11 is 0. The Hall–Kier alpha value is -1.79. The number of hydrogen-bond acceptors (Lipinski definition) is 5. The van der Waals surface area contributed by atoms with Crippen molar-refractivity contribution in [1.29, 1.82) is 0 Å². The number of rotatable bonds is 3. The molecular formula is C28H34F5NO4S. The van der Waals surface area contributed by atoms with E-state index in [4.69, 9.17) is 14.5 Å². The quantitative estimate of drug-likeness (QED) is 0.363. The van der Waals surface area contributed by atoms with Crippen molar-refractivity contribution in [2.45, 2.75) is 93.5 Å². The topological polar surface area (TPSA) is 71.8 Å². The lowest BCUT2D eigenvalue weighted by Gasteiger charge is -2.41. The molecule has 2 fully saturated rings. The van der Waals surface area contributed by atoms with E-state index >= 15 is 0 Å². The fraction of sp³-hybridized carbons (Fsp3) is 0.607. The number of aliphatic hydroxyl groups is 2. The van der Waals surface area contributed by atoms with Gasteiger partial charge >= 0.3 is 10.2 Å². The fourth-order valence-corrected chi connectivity index (χ4v) is 7.76. The van der Waals surface area contributed by atoms with Crippen LogP contribution in [0.3, 0.4) is 0 Å². The third-order valence-corrected chi connectivity index (χ3v) is 10.3. The second-order valence-corrected chi connectivity index (χ2v) is 14.7. The Labute approximate surface area is 224 Å². The molecule has 4 aliphatic rings. The molecule has 2 N–H and O–H groups in total. The van der Waals surface area contributed by atoms with Crippen LogP contribution in [0.4, 0.5) is 19.4 Å². The summed E-state index contributed by atoms with van der Waals surface area (Å²) in [5.41, 5.74) is 2.08. The highest BCUT2D eigenvalue weighted by atomic mass is 32.5. The Bertz CT molecular complexity index is 1300. The van der Waals surface area contributed by atoms with E-state index in [-0.39, 0.29) is 5.92 Å². The summed E-state index contributed by atoms with van der Waals surface area (Å²) in [4.78, 5) is 3.06. The van der Waals surface area contributed by atoms with E-state index in [0.29, 0.717) is 85.5 Å². The minimum absolute atomic E-state index is 0.0428. The van der Waals surface area contributed by atoms with Crippen LogP contribution in [0.2, 0.25) is 0 Å². The van der Waals surface area contributed by atoms with Gasteiger partial charge in [0.2, 0.25) is 0 Å². The lowest BCUT2D eigenvalue weighted by Crippen LogP contribution is -2.35. The minimum atomic E-state index is -9.83. The number of aliphatic hydroxyl groups excluding tert-OH is 2. The Balaban J connectivity index is 1.59. The molecule has 1 saturated carbocycles. The first-order valence-electron chi connectivity index (χ1n) is 13.5. The van der Waals surface area contributed by atoms with Gasteiger partial charge in [-0.3, -0.25) is 4.98 Å². The van der Waals surface area contributed by atoms with Crippen molar-refractivity contribution in [3.63, 3.8) is 0 Å². The SMILES string of the molecule is CC1(C)C[C@H](O)c2c(nc(C3CCOCC3)c3c2C2(CCCC2)O[C@@H]3c2ccc(S(F)(F)(F)(F)F)cc2)[C@@H]1O. The predicted molar refractivity (Wildman–Crippen MR) is 136 cm³/mol. The normalized spacial score (nSPS) is 30.0. The van der Waals surface area contributed by atoms with Gasteiger partial charge < -0.3 is 19.7 Å². The summed E-state index contributed by atoms with van der Waals surface area (Å²) in [6.45, 7) is 4.81. The smallest absolute Gasteiger partial charge is 0.310 e. The monoisotopic (exact) mass is 575 g/mol. The largest absolute Gasteiger partial charge is 0.388 e. The molecule has 1 saturated heterocycles. The van der Waals surface area contributed by atoms with Crippen LogP contribution >= 0.6 is 10.2 Å². The summed E-state index contributed by atoms with van der Waals surface area (Å²) < 4.78 is 79.7. The number of fused-ring (bicyclic) bond motifs is 4. The lowest BCUT2D eigenvalue weighted by molar-refractivity contribution is -0.0598. The van der Waals surface area contributed by atoms with Gasteiger partial charge in [0, 0.05) is 30.3 Å². The summed E-state index contributed by atoms with van der Waals surface area (Å²) in [7, 11) is -9.83. The molecule has 3 atom stereocenters.